The van der Waals surface area contributed by atoms with Gasteiger partial charge in [-0.1, -0.05) is 42.5 Å². The fourth-order valence-electron chi connectivity index (χ4n) is 3.12. The summed E-state index contributed by atoms with van der Waals surface area (Å²) >= 11 is 0. The Hall–Kier alpha value is -3.61. The first-order valence-electron chi connectivity index (χ1n) is 8.51. The molecule has 0 fully saturated rings. The third-order valence-electron chi connectivity index (χ3n) is 4.44. The van der Waals surface area contributed by atoms with Gasteiger partial charge in [0.25, 0.3) is 0 Å². The molecule has 7 heteroatoms. The first kappa shape index (κ1) is 16.8. The van der Waals surface area contributed by atoms with E-state index in [-0.39, 0.29) is 12.4 Å². The maximum atomic E-state index is 12.9. The molecule has 1 aliphatic rings. The van der Waals surface area contributed by atoms with Gasteiger partial charge in [0.2, 0.25) is 5.95 Å². The Labute approximate surface area is 155 Å². The molecule has 2 heterocycles. The number of hydrogen-bond acceptors (Lipinski definition) is 6. The van der Waals surface area contributed by atoms with E-state index in [4.69, 9.17) is 4.74 Å². The molecule has 2 N–H and O–H groups in total. The molecule has 27 heavy (non-hydrogen) atoms. The zero-order valence-corrected chi connectivity index (χ0v) is 14.7. The number of phenols is 1. The fraction of sp³-hybridized carbons (Fsp3) is 0.150. The standard InChI is InChI=1S/C20H18N4O3/c1-13-17(19(26)27-11-14-5-3-2-4-6-14)18(15-7-9-16(25)10-8-15)24-20(23-13)21-12-22-24/h2-10,12,18,25H,11H2,1H3,(H,21,22,23)/t18-/m1/s1. The van der Waals surface area contributed by atoms with Crippen LogP contribution in [0.25, 0.3) is 0 Å². The molecule has 0 bridgehead atoms. The summed E-state index contributed by atoms with van der Waals surface area (Å²) in [6.45, 7) is 1.99. The maximum absolute atomic E-state index is 12.9. The van der Waals surface area contributed by atoms with Gasteiger partial charge in [0.1, 0.15) is 24.7 Å². The lowest BCUT2D eigenvalue weighted by molar-refractivity contribution is -0.140. The Morgan fingerprint density at radius 3 is 2.67 bits per heavy atom. The molecule has 0 saturated heterocycles. The third kappa shape index (κ3) is 3.27. The number of nitrogens with one attached hydrogen (secondary N) is 1. The summed E-state index contributed by atoms with van der Waals surface area (Å²) in [6, 6.07) is 15.7. The highest BCUT2D eigenvalue weighted by atomic mass is 16.5. The minimum Gasteiger partial charge on any atom is -0.508 e. The van der Waals surface area contributed by atoms with Crippen LogP contribution in [0.15, 0.2) is 72.2 Å². The lowest BCUT2D eigenvalue weighted by atomic mass is 9.96. The van der Waals surface area contributed by atoms with Crippen molar-refractivity contribution < 1.29 is 14.6 Å². The normalized spacial score (nSPS) is 15.8. The number of nitrogens with zero attached hydrogens (tertiary/aromatic N) is 3. The van der Waals surface area contributed by atoms with Crippen LogP contribution in [-0.2, 0) is 16.1 Å². The van der Waals surface area contributed by atoms with E-state index in [2.05, 4.69) is 15.4 Å². The highest BCUT2D eigenvalue weighted by Crippen LogP contribution is 2.35. The van der Waals surface area contributed by atoms with Crippen molar-refractivity contribution in [1.29, 1.82) is 0 Å². The summed E-state index contributed by atoms with van der Waals surface area (Å²) in [5.41, 5.74) is 2.82. The average molecular weight is 362 g/mol. The van der Waals surface area contributed by atoms with E-state index in [1.54, 1.807) is 28.9 Å². The number of esters is 1. The summed E-state index contributed by atoms with van der Waals surface area (Å²) < 4.78 is 7.19. The molecule has 0 radical (unpaired) electrons. The number of hydrogen-bond donors (Lipinski definition) is 2. The molecule has 0 aliphatic carbocycles. The second-order valence-electron chi connectivity index (χ2n) is 6.25. The van der Waals surface area contributed by atoms with E-state index in [0.29, 0.717) is 17.2 Å². The van der Waals surface area contributed by atoms with Crippen LogP contribution < -0.4 is 5.32 Å². The van der Waals surface area contributed by atoms with Gasteiger partial charge in [0, 0.05) is 5.70 Å². The number of fused-ring (bicyclic) bond motifs is 1. The zero-order valence-electron chi connectivity index (χ0n) is 14.7. The molecule has 0 unspecified atom stereocenters. The van der Waals surface area contributed by atoms with Crippen LogP contribution in [0, 0.1) is 0 Å². The molecule has 0 amide bonds. The van der Waals surface area contributed by atoms with Crippen molar-refractivity contribution in [3.05, 3.63) is 83.3 Å². The summed E-state index contributed by atoms with van der Waals surface area (Å²) in [6.07, 6.45) is 1.43. The Kier molecular flexibility index (Phi) is 4.33. The van der Waals surface area contributed by atoms with Crippen molar-refractivity contribution in [3.63, 3.8) is 0 Å². The largest absolute Gasteiger partial charge is 0.508 e. The van der Waals surface area contributed by atoms with Crippen molar-refractivity contribution in [1.82, 2.24) is 14.8 Å². The van der Waals surface area contributed by atoms with Crippen LogP contribution in [0.3, 0.4) is 0 Å². The predicted octanol–water partition coefficient (Wildman–Crippen LogP) is 3.02. The summed E-state index contributed by atoms with van der Waals surface area (Å²) in [4.78, 5) is 17.1. The van der Waals surface area contributed by atoms with Crippen molar-refractivity contribution >= 4 is 11.9 Å². The molecule has 2 aromatic carbocycles. The van der Waals surface area contributed by atoms with Gasteiger partial charge in [-0.2, -0.15) is 10.1 Å². The third-order valence-corrected chi connectivity index (χ3v) is 4.44. The molecule has 1 atom stereocenters. The van der Waals surface area contributed by atoms with Crippen LogP contribution >= 0.6 is 0 Å². The molecule has 1 aliphatic heterocycles. The molecule has 0 saturated carbocycles. The summed E-state index contributed by atoms with van der Waals surface area (Å²) in [7, 11) is 0. The van der Waals surface area contributed by atoms with Gasteiger partial charge in [-0.3, -0.25) is 0 Å². The van der Waals surface area contributed by atoms with E-state index in [9.17, 15) is 9.90 Å². The highest BCUT2D eigenvalue weighted by molar-refractivity contribution is 5.92. The van der Waals surface area contributed by atoms with E-state index < -0.39 is 12.0 Å². The number of phenolic OH excluding ortho intramolecular Hbond substituents is 1. The number of carbonyl (C=O) groups excluding carboxylic acids is 1. The number of anilines is 1. The molecular formula is C20H18N4O3. The molecule has 136 valence electrons. The number of benzene rings is 2. The van der Waals surface area contributed by atoms with E-state index >= 15 is 0 Å². The van der Waals surface area contributed by atoms with Gasteiger partial charge in [0.05, 0.1) is 5.57 Å². The first-order chi connectivity index (χ1) is 13.1. The first-order valence-corrected chi connectivity index (χ1v) is 8.51. The van der Waals surface area contributed by atoms with E-state index in [0.717, 1.165) is 11.1 Å². The predicted molar refractivity (Wildman–Crippen MR) is 98.8 cm³/mol. The Bertz CT molecular complexity index is 994. The van der Waals surface area contributed by atoms with Gasteiger partial charge in [0.15, 0.2) is 0 Å². The van der Waals surface area contributed by atoms with Gasteiger partial charge < -0.3 is 15.2 Å². The second kappa shape index (κ2) is 6.95. The SMILES string of the molecule is CC1=C(C(=O)OCc2ccccc2)[C@@H](c2ccc(O)cc2)n2ncnc2N1. The number of aromatic nitrogens is 3. The van der Waals surface area contributed by atoms with Crippen LogP contribution in [0.2, 0.25) is 0 Å². The number of carbonyl (C=O) groups is 1. The Morgan fingerprint density at radius 2 is 1.93 bits per heavy atom. The lowest BCUT2D eigenvalue weighted by Gasteiger charge is -2.28. The molecule has 1 aromatic heterocycles. The van der Waals surface area contributed by atoms with Crippen molar-refractivity contribution in [2.24, 2.45) is 0 Å². The van der Waals surface area contributed by atoms with Crippen LogP contribution in [0.1, 0.15) is 24.1 Å². The average Bonchev–Trinajstić information content (AvgIpc) is 3.14. The molecule has 4 rings (SSSR count). The number of allylic oxidation sites excluding steroid dienone is 1. The van der Waals surface area contributed by atoms with Gasteiger partial charge in [-0.15, -0.1) is 0 Å². The van der Waals surface area contributed by atoms with Crippen LogP contribution in [0.5, 0.6) is 5.75 Å². The van der Waals surface area contributed by atoms with Crippen LogP contribution in [-0.4, -0.2) is 25.8 Å². The Balaban J connectivity index is 1.67. The zero-order chi connectivity index (χ0) is 18.8. The van der Waals surface area contributed by atoms with E-state index in [1.807, 2.05) is 37.3 Å². The number of ether oxygens (including phenoxy) is 1. The van der Waals surface area contributed by atoms with Crippen LogP contribution in [0.4, 0.5) is 5.95 Å². The fourth-order valence-corrected chi connectivity index (χ4v) is 3.12. The van der Waals surface area contributed by atoms with Gasteiger partial charge in [-0.05, 0) is 30.2 Å². The smallest absolute Gasteiger partial charge is 0.338 e. The minimum atomic E-state index is -0.493. The monoisotopic (exact) mass is 362 g/mol. The van der Waals surface area contributed by atoms with Crippen molar-refractivity contribution in [3.8, 4) is 5.75 Å². The topological polar surface area (TPSA) is 89.3 Å². The van der Waals surface area contributed by atoms with Gasteiger partial charge in [-0.25, -0.2) is 9.48 Å². The Morgan fingerprint density at radius 1 is 1.19 bits per heavy atom. The number of aromatic hydroxyl groups is 1. The molecular weight excluding hydrogens is 344 g/mol. The lowest BCUT2D eigenvalue weighted by Crippen LogP contribution is -2.29. The maximum Gasteiger partial charge on any atom is 0.338 e. The quantitative estimate of drug-likeness (QED) is 0.694. The highest BCUT2D eigenvalue weighted by Gasteiger charge is 2.34. The molecule has 3 aromatic rings. The van der Waals surface area contributed by atoms with Gasteiger partial charge >= 0.3 is 5.97 Å². The molecule has 7 nitrogen and oxygen atoms in total. The van der Waals surface area contributed by atoms with Crippen molar-refractivity contribution in [2.75, 3.05) is 5.32 Å². The molecule has 0 spiro atoms. The minimum absolute atomic E-state index is 0.153. The summed E-state index contributed by atoms with van der Waals surface area (Å²) in [5.74, 6) is 0.272. The number of rotatable bonds is 4. The summed E-state index contributed by atoms with van der Waals surface area (Å²) in [5, 5.41) is 17.0. The van der Waals surface area contributed by atoms with E-state index in [1.165, 1.54) is 6.33 Å². The van der Waals surface area contributed by atoms with Crippen molar-refractivity contribution in [2.45, 2.75) is 19.6 Å². The second-order valence-corrected chi connectivity index (χ2v) is 6.25.